The van der Waals surface area contributed by atoms with Gasteiger partial charge < -0.3 is 10.0 Å². The lowest BCUT2D eigenvalue weighted by Gasteiger charge is -2.31. The summed E-state index contributed by atoms with van der Waals surface area (Å²) in [6.45, 7) is 1.80. The average Bonchev–Trinajstić information content (AvgIpc) is 2.39. The van der Waals surface area contributed by atoms with Crippen LogP contribution in [0.5, 0.6) is 0 Å². The molecule has 0 bridgehead atoms. The summed E-state index contributed by atoms with van der Waals surface area (Å²) in [5, 5.41) is 19.7. The van der Waals surface area contributed by atoms with Crippen molar-refractivity contribution >= 4 is 11.5 Å². The van der Waals surface area contributed by atoms with Crippen molar-refractivity contribution in [1.29, 1.82) is 0 Å². The topological polar surface area (TPSA) is 79.5 Å². The molecule has 6 heteroatoms. The lowest BCUT2D eigenvalue weighted by atomic mass is 9.98. The van der Waals surface area contributed by atoms with Crippen LogP contribution in [-0.2, 0) is 0 Å². The number of rotatable bonds is 3. The van der Waals surface area contributed by atoms with Crippen LogP contribution >= 0.6 is 0 Å². The van der Waals surface area contributed by atoms with Gasteiger partial charge in [0.15, 0.2) is 0 Å². The van der Waals surface area contributed by atoms with Gasteiger partial charge in [-0.3, -0.25) is 10.1 Å². The third-order valence-corrected chi connectivity index (χ3v) is 3.14. The maximum atomic E-state index is 10.7. The van der Waals surface area contributed by atoms with E-state index in [1.54, 1.807) is 0 Å². The van der Waals surface area contributed by atoms with Gasteiger partial charge in [-0.05, 0) is 18.8 Å². The Balaban J connectivity index is 2.08. The van der Waals surface area contributed by atoms with Crippen LogP contribution in [0.3, 0.4) is 0 Å². The highest BCUT2D eigenvalue weighted by Gasteiger charge is 2.20. The van der Waals surface area contributed by atoms with Gasteiger partial charge in [0.25, 0.3) is 5.69 Å². The Kier molecular flexibility index (Phi) is 3.53. The predicted octanol–water partition coefficient (Wildman–Crippen LogP) is 1.20. The van der Waals surface area contributed by atoms with Crippen LogP contribution in [0, 0.1) is 16.0 Å². The number of nitrogens with zero attached hydrogens (tertiary/aromatic N) is 3. The summed E-state index contributed by atoms with van der Waals surface area (Å²) in [4.78, 5) is 16.4. The molecule has 0 saturated carbocycles. The van der Waals surface area contributed by atoms with E-state index in [1.807, 2.05) is 4.90 Å². The predicted molar refractivity (Wildman–Crippen MR) is 62.9 cm³/mol. The van der Waals surface area contributed by atoms with E-state index in [1.165, 1.54) is 18.3 Å². The number of anilines is 1. The van der Waals surface area contributed by atoms with E-state index in [-0.39, 0.29) is 12.3 Å². The largest absolute Gasteiger partial charge is 0.396 e. The van der Waals surface area contributed by atoms with Crippen LogP contribution in [0.25, 0.3) is 0 Å². The van der Waals surface area contributed by atoms with Gasteiger partial charge in [-0.25, -0.2) is 4.98 Å². The lowest BCUT2D eigenvalue weighted by Crippen LogP contribution is -2.35. The Morgan fingerprint density at radius 1 is 1.53 bits per heavy atom. The molecule has 0 amide bonds. The smallest absolute Gasteiger partial charge is 0.274 e. The highest BCUT2D eigenvalue weighted by molar-refractivity contribution is 5.46. The number of hydrogen-bond acceptors (Lipinski definition) is 5. The minimum atomic E-state index is -0.411. The molecule has 1 aromatic heterocycles. The van der Waals surface area contributed by atoms with Crippen LogP contribution in [-0.4, -0.2) is 34.7 Å². The van der Waals surface area contributed by atoms with Crippen molar-refractivity contribution in [2.45, 2.75) is 12.8 Å². The summed E-state index contributed by atoms with van der Waals surface area (Å²) in [5.41, 5.74) is 0.0688. The minimum absolute atomic E-state index is 0.0688. The Hall–Kier alpha value is -1.69. The second kappa shape index (κ2) is 5.09. The molecule has 17 heavy (non-hydrogen) atoms. The molecule has 1 saturated heterocycles. The molecule has 1 aliphatic heterocycles. The molecule has 2 rings (SSSR count). The highest BCUT2D eigenvalue weighted by atomic mass is 16.6. The summed E-state index contributed by atoms with van der Waals surface area (Å²) in [6, 6.07) is 2.89. The Morgan fingerprint density at radius 2 is 2.24 bits per heavy atom. The molecule has 0 radical (unpaired) electrons. The van der Waals surface area contributed by atoms with Gasteiger partial charge in [0.1, 0.15) is 5.82 Å². The van der Waals surface area contributed by atoms with Gasteiger partial charge in [-0.2, -0.15) is 0 Å². The standard InChI is InChI=1S/C11H15N3O3/c15-8-9-2-5-13(6-3-9)11-7-10(14(16)17)1-4-12-11/h1,4,7,9,15H,2-3,5-6,8H2. The third-order valence-electron chi connectivity index (χ3n) is 3.14. The number of aromatic nitrogens is 1. The second-order valence-electron chi connectivity index (χ2n) is 4.24. The molecule has 0 aromatic carbocycles. The van der Waals surface area contributed by atoms with Crippen molar-refractivity contribution in [2.24, 2.45) is 5.92 Å². The summed E-state index contributed by atoms with van der Waals surface area (Å²) in [7, 11) is 0. The van der Waals surface area contributed by atoms with E-state index in [0.29, 0.717) is 11.7 Å². The van der Waals surface area contributed by atoms with Gasteiger partial charge >= 0.3 is 0 Å². The Labute approximate surface area is 99.0 Å². The fourth-order valence-corrected chi connectivity index (χ4v) is 2.04. The number of aliphatic hydroxyl groups is 1. The molecule has 1 N–H and O–H groups in total. The highest BCUT2D eigenvalue weighted by Crippen LogP contribution is 2.23. The first-order chi connectivity index (χ1) is 8.20. The van der Waals surface area contributed by atoms with Crippen molar-refractivity contribution in [3.63, 3.8) is 0 Å². The lowest BCUT2D eigenvalue weighted by molar-refractivity contribution is -0.384. The number of nitro groups is 1. The van der Waals surface area contributed by atoms with Gasteiger partial charge in [0, 0.05) is 32.0 Å². The van der Waals surface area contributed by atoms with E-state index < -0.39 is 4.92 Å². The zero-order valence-electron chi connectivity index (χ0n) is 9.45. The molecule has 0 spiro atoms. The van der Waals surface area contributed by atoms with E-state index in [9.17, 15) is 10.1 Å². The maximum absolute atomic E-state index is 10.7. The first kappa shape index (κ1) is 11.8. The quantitative estimate of drug-likeness (QED) is 0.631. The normalized spacial score (nSPS) is 17.1. The summed E-state index contributed by atoms with van der Waals surface area (Å²) >= 11 is 0. The van der Waals surface area contributed by atoms with Crippen LogP contribution < -0.4 is 4.90 Å². The molecule has 2 heterocycles. The van der Waals surface area contributed by atoms with Gasteiger partial charge in [-0.15, -0.1) is 0 Å². The fourth-order valence-electron chi connectivity index (χ4n) is 2.04. The van der Waals surface area contributed by atoms with Crippen molar-refractivity contribution in [1.82, 2.24) is 4.98 Å². The maximum Gasteiger partial charge on any atom is 0.274 e. The zero-order valence-corrected chi connectivity index (χ0v) is 9.45. The van der Waals surface area contributed by atoms with Crippen LogP contribution in [0.2, 0.25) is 0 Å². The number of piperidine rings is 1. The van der Waals surface area contributed by atoms with E-state index in [4.69, 9.17) is 5.11 Å². The first-order valence-electron chi connectivity index (χ1n) is 5.67. The molecule has 0 atom stereocenters. The average molecular weight is 237 g/mol. The van der Waals surface area contributed by atoms with Crippen molar-refractivity contribution in [3.8, 4) is 0 Å². The molecule has 1 aliphatic rings. The molecule has 0 aliphatic carbocycles. The Bertz CT molecular complexity index is 403. The van der Waals surface area contributed by atoms with E-state index >= 15 is 0 Å². The summed E-state index contributed by atoms with van der Waals surface area (Å²) in [5.74, 6) is 1.00. The molecular weight excluding hydrogens is 222 g/mol. The first-order valence-corrected chi connectivity index (χ1v) is 5.67. The van der Waals surface area contributed by atoms with Gasteiger partial charge in [0.2, 0.25) is 0 Å². The third kappa shape index (κ3) is 2.71. The molecule has 0 unspecified atom stereocenters. The van der Waals surface area contributed by atoms with Crippen LogP contribution in [0.15, 0.2) is 18.3 Å². The van der Waals surface area contributed by atoms with Crippen LogP contribution in [0.1, 0.15) is 12.8 Å². The minimum Gasteiger partial charge on any atom is -0.396 e. The van der Waals surface area contributed by atoms with Crippen molar-refractivity contribution in [2.75, 3.05) is 24.6 Å². The number of pyridine rings is 1. The zero-order chi connectivity index (χ0) is 12.3. The molecule has 1 aromatic rings. The summed E-state index contributed by atoms with van der Waals surface area (Å²) in [6.07, 6.45) is 3.27. The molecule has 92 valence electrons. The van der Waals surface area contributed by atoms with Crippen molar-refractivity contribution < 1.29 is 10.0 Å². The number of hydrogen-bond donors (Lipinski definition) is 1. The molecule has 1 fully saturated rings. The molecular formula is C11H15N3O3. The van der Waals surface area contributed by atoms with Gasteiger partial charge in [-0.1, -0.05) is 0 Å². The SMILES string of the molecule is O=[N+]([O-])c1ccnc(N2CCC(CO)CC2)c1. The summed E-state index contributed by atoms with van der Waals surface area (Å²) < 4.78 is 0. The number of aliphatic hydroxyl groups excluding tert-OH is 1. The monoisotopic (exact) mass is 237 g/mol. The van der Waals surface area contributed by atoms with Gasteiger partial charge in [0.05, 0.1) is 11.0 Å². The van der Waals surface area contributed by atoms with Crippen LogP contribution in [0.4, 0.5) is 11.5 Å². The van der Waals surface area contributed by atoms with E-state index in [2.05, 4.69) is 4.98 Å². The fraction of sp³-hybridized carbons (Fsp3) is 0.545. The van der Waals surface area contributed by atoms with E-state index in [0.717, 1.165) is 25.9 Å². The van der Waals surface area contributed by atoms with Crippen molar-refractivity contribution in [3.05, 3.63) is 28.4 Å². The second-order valence-corrected chi connectivity index (χ2v) is 4.24. The molecule has 6 nitrogen and oxygen atoms in total. The Morgan fingerprint density at radius 3 is 2.82 bits per heavy atom.